The number of rotatable bonds is 4. The van der Waals surface area contributed by atoms with Gasteiger partial charge in [-0.3, -0.25) is 4.79 Å². The molecule has 1 aliphatic rings. The molecule has 96 valence electrons. The lowest BCUT2D eigenvalue weighted by molar-refractivity contribution is -0.135. The predicted molar refractivity (Wildman–Crippen MR) is 73.8 cm³/mol. The van der Waals surface area contributed by atoms with Crippen LogP contribution in [0.2, 0.25) is 0 Å². The molecule has 1 N–H and O–H groups in total. The van der Waals surface area contributed by atoms with Gasteiger partial charge in [-0.25, -0.2) is 0 Å². The first-order valence-electron chi connectivity index (χ1n) is 6.49. The molecular formula is C15H19NO2. The third-order valence-corrected chi connectivity index (χ3v) is 3.19. The summed E-state index contributed by atoms with van der Waals surface area (Å²) in [5.41, 5.74) is 2.31. The number of anilines is 1. The maximum Gasteiger partial charge on any atom is 0.307 e. The van der Waals surface area contributed by atoms with Gasteiger partial charge in [0.2, 0.25) is 0 Å². The minimum atomic E-state index is -0.793. The van der Waals surface area contributed by atoms with Crippen molar-refractivity contribution in [1.82, 2.24) is 0 Å². The molecule has 0 bridgehead atoms. The van der Waals surface area contributed by atoms with E-state index < -0.39 is 5.97 Å². The van der Waals surface area contributed by atoms with Crippen LogP contribution in [-0.2, 0) is 4.79 Å². The Morgan fingerprint density at radius 1 is 1.28 bits per heavy atom. The predicted octanol–water partition coefficient (Wildman–Crippen LogP) is 3.16. The Morgan fingerprint density at radius 3 is 2.78 bits per heavy atom. The van der Waals surface area contributed by atoms with Gasteiger partial charge in [-0.2, -0.15) is 0 Å². The largest absolute Gasteiger partial charge is 0.481 e. The number of benzene rings is 1. The first-order valence-corrected chi connectivity index (χ1v) is 6.49. The van der Waals surface area contributed by atoms with Crippen LogP contribution >= 0.6 is 0 Å². The van der Waals surface area contributed by atoms with Crippen molar-refractivity contribution in [2.24, 2.45) is 0 Å². The average molecular weight is 245 g/mol. The van der Waals surface area contributed by atoms with Crippen LogP contribution in [0, 0.1) is 0 Å². The van der Waals surface area contributed by atoms with Crippen molar-refractivity contribution in [3.05, 3.63) is 35.9 Å². The lowest BCUT2D eigenvalue weighted by Crippen LogP contribution is -2.29. The van der Waals surface area contributed by atoms with Gasteiger partial charge in [0.15, 0.2) is 0 Å². The van der Waals surface area contributed by atoms with E-state index in [1.54, 1.807) is 6.08 Å². The molecule has 0 atom stereocenters. The fraction of sp³-hybridized carbons (Fsp3) is 0.400. The summed E-state index contributed by atoms with van der Waals surface area (Å²) < 4.78 is 0. The van der Waals surface area contributed by atoms with Gasteiger partial charge in [0.25, 0.3) is 0 Å². The Bertz CT molecular complexity index is 434. The summed E-state index contributed by atoms with van der Waals surface area (Å²) in [4.78, 5) is 12.8. The molecule has 1 heterocycles. The molecule has 0 spiro atoms. The number of carboxylic acid groups (broad SMARTS) is 1. The molecular weight excluding hydrogens is 226 g/mol. The van der Waals surface area contributed by atoms with E-state index in [0.717, 1.165) is 18.7 Å². The average Bonchev–Trinajstić information content (AvgIpc) is 2.40. The first kappa shape index (κ1) is 12.7. The second-order valence-corrected chi connectivity index (χ2v) is 4.64. The normalized spacial score (nSPS) is 16.1. The minimum Gasteiger partial charge on any atom is -0.481 e. The SMILES string of the molecule is O=C(O)CC=Cc1cccc(N2CCCCC2)c1. The van der Waals surface area contributed by atoms with Crippen LogP contribution in [-0.4, -0.2) is 24.2 Å². The fourth-order valence-electron chi connectivity index (χ4n) is 2.27. The van der Waals surface area contributed by atoms with Crippen LogP contribution in [0.5, 0.6) is 0 Å². The molecule has 0 aromatic heterocycles. The van der Waals surface area contributed by atoms with Gasteiger partial charge in [0, 0.05) is 18.8 Å². The van der Waals surface area contributed by atoms with E-state index in [2.05, 4.69) is 17.0 Å². The third-order valence-electron chi connectivity index (χ3n) is 3.19. The maximum absolute atomic E-state index is 10.4. The Kier molecular flexibility index (Phi) is 4.40. The number of aliphatic carboxylic acids is 1. The van der Waals surface area contributed by atoms with Gasteiger partial charge in [0.05, 0.1) is 6.42 Å². The highest BCUT2D eigenvalue weighted by Gasteiger charge is 2.10. The molecule has 0 saturated carbocycles. The van der Waals surface area contributed by atoms with Crippen molar-refractivity contribution in [3.63, 3.8) is 0 Å². The smallest absolute Gasteiger partial charge is 0.307 e. The number of carbonyl (C=O) groups is 1. The van der Waals surface area contributed by atoms with Gasteiger partial charge in [-0.1, -0.05) is 24.3 Å². The van der Waals surface area contributed by atoms with E-state index in [9.17, 15) is 4.79 Å². The number of nitrogens with zero attached hydrogens (tertiary/aromatic N) is 1. The molecule has 1 aromatic carbocycles. The van der Waals surface area contributed by atoms with Gasteiger partial charge in [-0.05, 0) is 37.0 Å². The molecule has 1 aromatic rings. The molecule has 0 aliphatic carbocycles. The molecule has 1 saturated heterocycles. The van der Waals surface area contributed by atoms with E-state index in [1.165, 1.54) is 24.9 Å². The molecule has 0 unspecified atom stereocenters. The Morgan fingerprint density at radius 2 is 2.06 bits per heavy atom. The van der Waals surface area contributed by atoms with Crippen molar-refractivity contribution in [2.45, 2.75) is 25.7 Å². The number of hydrogen-bond acceptors (Lipinski definition) is 2. The summed E-state index contributed by atoms with van der Waals surface area (Å²) >= 11 is 0. The summed E-state index contributed by atoms with van der Waals surface area (Å²) in [6.07, 6.45) is 7.50. The molecule has 0 radical (unpaired) electrons. The lowest BCUT2D eigenvalue weighted by Gasteiger charge is -2.29. The quantitative estimate of drug-likeness (QED) is 0.885. The second kappa shape index (κ2) is 6.24. The van der Waals surface area contributed by atoms with Crippen molar-refractivity contribution < 1.29 is 9.90 Å². The zero-order valence-corrected chi connectivity index (χ0v) is 10.5. The highest BCUT2D eigenvalue weighted by Crippen LogP contribution is 2.21. The van der Waals surface area contributed by atoms with Gasteiger partial charge in [0.1, 0.15) is 0 Å². The Balaban J connectivity index is 2.04. The summed E-state index contributed by atoms with van der Waals surface area (Å²) in [7, 11) is 0. The van der Waals surface area contributed by atoms with E-state index in [0.29, 0.717) is 0 Å². The van der Waals surface area contributed by atoms with Crippen LogP contribution in [0.4, 0.5) is 5.69 Å². The third kappa shape index (κ3) is 3.62. The summed E-state index contributed by atoms with van der Waals surface area (Å²) in [5.74, 6) is -0.793. The van der Waals surface area contributed by atoms with Crippen molar-refractivity contribution in [1.29, 1.82) is 0 Å². The second-order valence-electron chi connectivity index (χ2n) is 4.64. The molecule has 2 rings (SSSR count). The maximum atomic E-state index is 10.4. The molecule has 3 heteroatoms. The topological polar surface area (TPSA) is 40.5 Å². The van der Waals surface area contributed by atoms with Gasteiger partial charge < -0.3 is 10.0 Å². The van der Waals surface area contributed by atoms with Crippen LogP contribution in [0.25, 0.3) is 6.08 Å². The monoisotopic (exact) mass is 245 g/mol. The molecule has 1 aliphatic heterocycles. The van der Waals surface area contributed by atoms with Crippen LogP contribution in [0.1, 0.15) is 31.2 Å². The number of piperidine rings is 1. The summed E-state index contributed by atoms with van der Waals surface area (Å²) in [6, 6.07) is 8.29. The van der Waals surface area contributed by atoms with E-state index in [4.69, 9.17) is 5.11 Å². The fourth-order valence-corrected chi connectivity index (χ4v) is 2.27. The lowest BCUT2D eigenvalue weighted by atomic mass is 10.1. The Labute approximate surface area is 108 Å². The van der Waals surface area contributed by atoms with Crippen molar-refractivity contribution in [3.8, 4) is 0 Å². The van der Waals surface area contributed by atoms with Crippen molar-refractivity contribution in [2.75, 3.05) is 18.0 Å². The van der Waals surface area contributed by atoms with Gasteiger partial charge >= 0.3 is 5.97 Å². The number of carboxylic acids is 1. The number of hydrogen-bond donors (Lipinski definition) is 1. The highest BCUT2D eigenvalue weighted by molar-refractivity contribution is 5.70. The summed E-state index contributed by atoms with van der Waals surface area (Å²) in [5, 5.41) is 8.59. The van der Waals surface area contributed by atoms with Crippen LogP contribution < -0.4 is 4.90 Å². The Hall–Kier alpha value is -1.77. The zero-order valence-electron chi connectivity index (χ0n) is 10.5. The minimum absolute atomic E-state index is 0.0773. The van der Waals surface area contributed by atoms with E-state index >= 15 is 0 Å². The van der Waals surface area contributed by atoms with Crippen molar-refractivity contribution >= 4 is 17.7 Å². The molecule has 0 amide bonds. The first-order chi connectivity index (χ1) is 8.75. The highest BCUT2D eigenvalue weighted by atomic mass is 16.4. The molecule has 3 nitrogen and oxygen atoms in total. The standard InChI is InChI=1S/C15H19NO2/c17-15(18)9-5-7-13-6-4-8-14(12-13)16-10-2-1-3-11-16/h4-8,12H,1-3,9-11H2,(H,17,18). The summed E-state index contributed by atoms with van der Waals surface area (Å²) in [6.45, 7) is 2.25. The van der Waals surface area contributed by atoms with E-state index in [-0.39, 0.29) is 6.42 Å². The van der Waals surface area contributed by atoms with E-state index in [1.807, 2.05) is 18.2 Å². The van der Waals surface area contributed by atoms with Crippen LogP contribution in [0.3, 0.4) is 0 Å². The molecule has 18 heavy (non-hydrogen) atoms. The van der Waals surface area contributed by atoms with Crippen LogP contribution in [0.15, 0.2) is 30.3 Å². The molecule has 1 fully saturated rings. The zero-order chi connectivity index (χ0) is 12.8. The van der Waals surface area contributed by atoms with Gasteiger partial charge in [-0.15, -0.1) is 0 Å².